The number of halogens is 3. The van der Waals surface area contributed by atoms with Crippen molar-refractivity contribution in [2.45, 2.75) is 39.4 Å². The number of phenolic OH excluding ortho intramolecular Hbond substituents is 1. The molecule has 1 aliphatic rings. The fourth-order valence-corrected chi connectivity index (χ4v) is 4.43. The maximum absolute atomic E-state index is 14.3. The number of phenols is 1. The molecule has 4 rings (SSSR count). The molecule has 0 saturated carbocycles. The van der Waals surface area contributed by atoms with E-state index in [1.165, 1.54) is 35.9 Å². The van der Waals surface area contributed by atoms with E-state index >= 15 is 0 Å². The van der Waals surface area contributed by atoms with Gasteiger partial charge in [-0.3, -0.25) is 14.4 Å². The summed E-state index contributed by atoms with van der Waals surface area (Å²) in [5.74, 6) is -2.10. The van der Waals surface area contributed by atoms with Crippen molar-refractivity contribution in [2.24, 2.45) is 0 Å². The maximum Gasteiger partial charge on any atom is 0.271 e. The minimum Gasteiger partial charge on any atom is -0.508 e. The summed E-state index contributed by atoms with van der Waals surface area (Å²) in [5.41, 5.74) is 1.06. The summed E-state index contributed by atoms with van der Waals surface area (Å²) in [6, 6.07) is 7.89. The van der Waals surface area contributed by atoms with Crippen molar-refractivity contribution >= 4 is 28.5 Å². The molecular weight excluding hydrogens is 475 g/mol. The van der Waals surface area contributed by atoms with Crippen LogP contribution in [0.3, 0.4) is 0 Å². The van der Waals surface area contributed by atoms with Crippen LogP contribution in [0.2, 0.25) is 0 Å². The van der Waals surface area contributed by atoms with Gasteiger partial charge in [0, 0.05) is 53.9 Å². The molecule has 36 heavy (non-hydrogen) atoms. The molecule has 1 aliphatic heterocycles. The lowest BCUT2D eigenvalue weighted by Crippen LogP contribution is -2.46. The topological polar surface area (TPSA) is 91.6 Å². The Hall–Kier alpha value is -4.08. The van der Waals surface area contributed by atoms with Gasteiger partial charge in [-0.2, -0.15) is 8.78 Å². The van der Waals surface area contributed by atoms with Gasteiger partial charge in [-0.25, -0.2) is 4.39 Å². The van der Waals surface area contributed by atoms with Gasteiger partial charge in [-0.15, -0.1) is 0 Å². The number of benzene rings is 2. The van der Waals surface area contributed by atoms with E-state index in [9.17, 15) is 32.7 Å². The first-order chi connectivity index (χ1) is 17.1. The number of Topliss-reactive ketones (excluding diaryl/α,β-unsaturated/α-hetero) is 1. The lowest BCUT2D eigenvalue weighted by atomic mass is 10.1. The van der Waals surface area contributed by atoms with E-state index in [1.54, 1.807) is 25.1 Å². The SMILES string of the molecule is CC(=O)c1cn(CC(=O)N2CC(=C(F)F)C[C@H]2C(=O)NCc2cccc(C)c2F)c2cc(O)ccc12. The number of nitrogens with zero attached hydrogens (tertiary/aromatic N) is 2. The molecule has 0 aliphatic carbocycles. The van der Waals surface area contributed by atoms with E-state index in [-0.39, 0.29) is 42.2 Å². The number of rotatable bonds is 6. The summed E-state index contributed by atoms with van der Waals surface area (Å²) in [4.78, 5) is 39.3. The van der Waals surface area contributed by atoms with Crippen LogP contribution in [0.1, 0.15) is 34.8 Å². The van der Waals surface area contributed by atoms with Gasteiger partial charge in [0.2, 0.25) is 11.8 Å². The van der Waals surface area contributed by atoms with Crippen molar-refractivity contribution in [2.75, 3.05) is 6.54 Å². The minimum absolute atomic E-state index is 0.0732. The van der Waals surface area contributed by atoms with E-state index < -0.39 is 36.3 Å². The van der Waals surface area contributed by atoms with Gasteiger partial charge in [-0.05, 0) is 31.5 Å². The van der Waals surface area contributed by atoms with E-state index in [2.05, 4.69) is 5.32 Å². The van der Waals surface area contributed by atoms with Crippen molar-refractivity contribution in [3.05, 3.63) is 76.8 Å². The summed E-state index contributed by atoms with van der Waals surface area (Å²) in [6.07, 6.45) is -0.840. The Kier molecular flexibility index (Phi) is 6.87. The van der Waals surface area contributed by atoms with Crippen LogP contribution in [0.5, 0.6) is 5.75 Å². The molecule has 0 unspecified atom stereocenters. The molecule has 1 fully saturated rings. The van der Waals surface area contributed by atoms with Crippen LogP contribution in [0, 0.1) is 12.7 Å². The summed E-state index contributed by atoms with van der Waals surface area (Å²) in [7, 11) is 0. The molecule has 2 amide bonds. The first-order valence-electron chi connectivity index (χ1n) is 11.2. The molecule has 0 spiro atoms. The molecule has 1 saturated heterocycles. The molecule has 7 nitrogen and oxygen atoms in total. The number of aromatic nitrogens is 1. The zero-order valence-electron chi connectivity index (χ0n) is 19.6. The Labute approximate surface area is 204 Å². The predicted molar refractivity (Wildman–Crippen MR) is 126 cm³/mol. The first kappa shape index (κ1) is 25.0. The lowest BCUT2D eigenvalue weighted by Gasteiger charge is -2.24. The van der Waals surface area contributed by atoms with Gasteiger partial charge in [0.15, 0.2) is 5.78 Å². The Morgan fingerprint density at radius 1 is 1.17 bits per heavy atom. The molecule has 3 aromatic rings. The molecule has 0 bridgehead atoms. The second-order valence-electron chi connectivity index (χ2n) is 8.80. The molecule has 1 aromatic heterocycles. The monoisotopic (exact) mass is 499 g/mol. The number of likely N-dealkylation sites (tertiary alicyclic amines) is 1. The normalized spacial score (nSPS) is 15.4. The Morgan fingerprint density at radius 2 is 1.92 bits per heavy atom. The van der Waals surface area contributed by atoms with Crippen molar-refractivity contribution in [3.63, 3.8) is 0 Å². The van der Waals surface area contributed by atoms with Crippen LogP contribution >= 0.6 is 0 Å². The molecule has 2 aromatic carbocycles. The number of carbonyl (C=O) groups is 3. The fourth-order valence-electron chi connectivity index (χ4n) is 4.43. The second-order valence-corrected chi connectivity index (χ2v) is 8.80. The smallest absolute Gasteiger partial charge is 0.271 e. The number of carbonyl (C=O) groups excluding carboxylic acids is 3. The average Bonchev–Trinajstić information content (AvgIpc) is 3.42. The van der Waals surface area contributed by atoms with Crippen LogP contribution in [-0.4, -0.2) is 44.8 Å². The minimum atomic E-state index is -1.96. The third-order valence-electron chi connectivity index (χ3n) is 6.34. The average molecular weight is 499 g/mol. The molecule has 188 valence electrons. The van der Waals surface area contributed by atoms with Crippen molar-refractivity contribution in [1.82, 2.24) is 14.8 Å². The highest BCUT2D eigenvalue weighted by atomic mass is 19.3. The van der Waals surface area contributed by atoms with Crippen molar-refractivity contribution < 1.29 is 32.7 Å². The van der Waals surface area contributed by atoms with Gasteiger partial charge in [0.1, 0.15) is 24.2 Å². The molecule has 0 radical (unpaired) electrons. The first-order valence-corrected chi connectivity index (χ1v) is 11.2. The number of hydrogen-bond acceptors (Lipinski definition) is 4. The number of amides is 2. The quantitative estimate of drug-likeness (QED) is 0.501. The van der Waals surface area contributed by atoms with Crippen LogP contribution < -0.4 is 5.32 Å². The summed E-state index contributed by atoms with van der Waals surface area (Å²) < 4.78 is 42.6. The van der Waals surface area contributed by atoms with E-state index in [0.717, 1.165) is 4.90 Å². The summed E-state index contributed by atoms with van der Waals surface area (Å²) >= 11 is 0. The fraction of sp³-hybridized carbons (Fsp3) is 0.269. The van der Waals surface area contributed by atoms with Crippen LogP contribution in [0.4, 0.5) is 13.2 Å². The second kappa shape index (κ2) is 9.88. The summed E-state index contributed by atoms with van der Waals surface area (Å²) in [5, 5.41) is 13.0. The zero-order valence-corrected chi connectivity index (χ0v) is 19.6. The van der Waals surface area contributed by atoms with Gasteiger partial charge in [0.25, 0.3) is 6.08 Å². The molecular formula is C26H24F3N3O4. The highest BCUT2D eigenvalue weighted by Gasteiger charge is 2.38. The number of nitrogens with one attached hydrogen (secondary N) is 1. The number of aryl methyl sites for hydroxylation is 1. The standard InChI is InChI=1S/C26H24F3N3O4/c1-14-4-3-5-16(24(14)27)10-30-26(36)22-8-17(25(28)29)11-32(22)23(35)13-31-12-20(15(2)33)19-7-6-18(34)9-21(19)31/h3-7,9,12,22,34H,8,10-11,13H2,1-2H3,(H,30,36)/t22-/m0/s1. The largest absolute Gasteiger partial charge is 0.508 e. The van der Waals surface area contributed by atoms with Crippen LogP contribution in [-0.2, 0) is 22.7 Å². The van der Waals surface area contributed by atoms with Crippen LogP contribution in [0.15, 0.2) is 54.2 Å². The Bertz CT molecular complexity index is 1410. The van der Waals surface area contributed by atoms with Crippen LogP contribution in [0.25, 0.3) is 10.9 Å². The predicted octanol–water partition coefficient (Wildman–Crippen LogP) is 4.06. The summed E-state index contributed by atoms with van der Waals surface area (Å²) in [6.45, 7) is 2.02. The molecule has 10 heteroatoms. The van der Waals surface area contributed by atoms with E-state index in [0.29, 0.717) is 22.0 Å². The van der Waals surface area contributed by atoms with Gasteiger partial charge < -0.3 is 19.9 Å². The maximum atomic E-state index is 14.3. The highest BCUT2D eigenvalue weighted by Crippen LogP contribution is 2.29. The number of aromatic hydroxyl groups is 1. The number of hydrogen-bond donors (Lipinski definition) is 2. The Morgan fingerprint density at radius 3 is 2.61 bits per heavy atom. The third-order valence-corrected chi connectivity index (χ3v) is 6.34. The number of ketones is 1. The molecule has 2 N–H and O–H groups in total. The van der Waals surface area contributed by atoms with Crippen molar-refractivity contribution in [3.8, 4) is 5.75 Å². The Balaban J connectivity index is 1.58. The van der Waals surface area contributed by atoms with E-state index in [4.69, 9.17) is 0 Å². The lowest BCUT2D eigenvalue weighted by molar-refractivity contribution is -0.138. The van der Waals surface area contributed by atoms with E-state index in [1.807, 2.05) is 0 Å². The molecule has 1 atom stereocenters. The molecule has 2 heterocycles. The third kappa shape index (κ3) is 4.84. The zero-order chi connectivity index (χ0) is 26.1. The number of fused-ring (bicyclic) bond motifs is 1. The highest BCUT2D eigenvalue weighted by molar-refractivity contribution is 6.07. The van der Waals surface area contributed by atoms with Gasteiger partial charge in [0.05, 0.1) is 5.52 Å². The van der Waals surface area contributed by atoms with Crippen molar-refractivity contribution in [1.29, 1.82) is 0 Å². The van der Waals surface area contributed by atoms with Gasteiger partial charge in [-0.1, -0.05) is 18.2 Å². The van der Waals surface area contributed by atoms with Gasteiger partial charge >= 0.3 is 0 Å².